The fraction of sp³-hybridized carbons (Fsp3) is 1.00. The van der Waals surface area contributed by atoms with Crippen LogP contribution in [0.3, 0.4) is 0 Å². The van der Waals surface area contributed by atoms with E-state index in [0.717, 1.165) is 18.1 Å². The van der Waals surface area contributed by atoms with Crippen LogP contribution in [0.2, 0.25) is 0 Å². The van der Waals surface area contributed by atoms with Gasteiger partial charge in [0.2, 0.25) is 0 Å². The van der Waals surface area contributed by atoms with Crippen LogP contribution in [0, 0.1) is 0 Å². The van der Waals surface area contributed by atoms with Gasteiger partial charge in [0.05, 0.1) is 0 Å². The van der Waals surface area contributed by atoms with Crippen molar-refractivity contribution in [3.63, 3.8) is 0 Å². The highest BCUT2D eigenvalue weighted by molar-refractivity contribution is 4.96. The van der Waals surface area contributed by atoms with Crippen molar-refractivity contribution >= 4 is 0 Å². The molecule has 68 valence electrons. The van der Waals surface area contributed by atoms with Crippen LogP contribution in [0.25, 0.3) is 0 Å². The third-order valence-electron chi connectivity index (χ3n) is 3.68. The Hall–Kier alpha value is -0.0800. The SMILES string of the molecule is C1CC2CCC(CN2C2CC2)N1. The lowest BCUT2D eigenvalue weighted by Gasteiger charge is -2.36. The standard InChI is InChI=1S/C10H18N2/c1-2-10-5-6-11-8(1)7-12(10)9-3-4-9/h8-11H,1-7H2. The lowest BCUT2D eigenvalue weighted by Crippen LogP contribution is -2.46. The minimum Gasteiger partial charge on any atom is -0.313 e. The van der Waals surface area contributed by atoms with E-state index < -0.39 is 0 Å². The van der Waals surface area contributed by atoms with E-state index >= 15 is 0 Å². The van der Waals surface area contributed by atoms with Crippen LogP contribution in [0.5, 0.6) is 0 Å². The van der Waals surface area contributed by atoms with Crippen molar-refractivity contribution in [2.24, 2.45) is 0 Å². The number of fused-ring (bicyclic) bond motifs is 4. The van der Waals surface area contributed by atoms with E-state index in [-0.39, 0.29) is 0 Å². The Kier molecular flexibility index (Phi) is 1.66. The maximum absolute atomic E-state index is 3.64. The molecule has 2 unspecified atom stereocenters. The monoisotopic (exact) mass is 166 g/mol. The lowest BCUT2D eigenvalue weighted by atomic mass is 9.99. The zero-order valence-corrected chi connectivity index (χ0v) is 7.63. The van der Waals surface area contributed by atoms with Crippen molar-refractivity contribution in [2.75, 3.05) is 13.1 Å². The quantitative estimate of drug-likeness (QED) is 0.624. The molecule has 0 aromatic carbocycles. The number of hydrogen-bond donors (Lipinski definition) is 1. The maximum Gasteiger partial charge on any atom is 0.0195 e. The first-order chi connectivity index (χ1) is 5.93. The highest BCUT2D eigenvalue weighted by atomic mass is 15.3. The normalized spacial score (nSPS) is 43.0. The smallest absolute Gasteiger partial charge is 0.0195 e. The number of nitrogens with zero attached hydrogens (tertiary/aromatic N) is 1. The van der Waals surface area contributed by atoms with Crippen molar-refractivity contribution < 1.29 is 0 Å². The highest BCUT2D eigenvalue weighted by Gasteiger charge is 2.39. The third-order valence-corrected chi connectivity index (χ3v) is 3.68. The maximum atomic E-state index is 3.64. The highest BCUT2D eigenvalue weighted by Crippen LogP contribution is 2.34. The summed E-state index contributed by atoms with van der Waals surface area (Å²) in [5.74, 6) is 0. The van der Waals surface area contributed by atoms with E-state index in [0.29, 0.717) is 0 Å². The number of nitrogens with one attached hydrogen (secondary N) is 1. The van der Waals surface area contributed by atoms with Crippen LogP contribution in [0.4, 0.5) is 0 Å². The molecule has 3 heterocycles. The van der Waals surface area contributed by atoms with Crippen LogP contribution >= 0.6 is 0 Å². The van der Waals surface area contributed by atoms with Crippen LogP contribution in [0.1, 0.15) is 32.1 Å². The molecule has 1 N–H and O–H groups in total. The summed E-state index contributed by atoms with van der Waals surface area (Å²) < 4.78 is 0. The van der Waals surface area contributed by atoms with E-state index in [1.54, 1.807) is 0 Å². The zero-order valence-electron chi connectivity index (χ0n) is 7.63. The van der Waals surface area contributed by atoms with Crippen molar-refractivity contribution in [3.8, 4) is 0 Å². The van der Waals surface area contributed by atoms with E-state index in [2.05, 4.69) is 10.2 Å². The number of hydrogen-bond acceptors (Lipinski definition) is 2. The molecule has 0 radical (unpaired) electrons. The van der Waals surface area contributed by atoms with Gasteiger partial charge in [0, 0.05) is 24.7 Å². The van der Waals surface area contributed by atoms with Gasteiger partial charge >= 0.3 is 0 Å². The molecule has 2 nitrogen and oxygen atoms in total. The molecule has 3 aliphatic heterocycles. The molecule has 2 atom stereocenters. The van der Waals surface area contributed by atoms with Crippen LogP contribution in [0.15, 0.2) is 0 Å². The summed E-state index contributed by atoms with van der Waals surface area (Å²) in [6.45, 7) is 2.61. The van der Waals surface area contributed by atoms with Gasteiger partial charge in [-0.25, -0.2) is 0 Å². The second-order valence-electron chi connectivity index (χ2n) is 4.60. The Balaban J connectivity index is 1.76. The molecule has 3 saturated heterocycles. The Morgan fingerprint density at radius 3 is 2.50 bits per heavy atom. The predicted molar refractivity (Wildman–Crippen MR) is 49.2 cm³/mol. The Morgan fingerprint density at radius 2 is 1.67 bits per heavy atom. The summed E-state index contributed by atoms with van der Waals surface area (Å²) in [6, 6.07) is 2.74. The van der Waals surface area contributed by atoms with Crippen LogP contribution < -0.4 is 5.32 Å². The molecule has 4 aliphatic rings. The largest absolute Gasteiger partial charge is 0.313 e. The average molecular weight is 166 g/mol. The third kappa shape index (κ3) is 1.17. The molecular weight excluding hydrogens is 148 g/mol. The minimum absolute atomic E-state index is 0.823. The molecule has 0 aromatic heterocycles. The summed E-state index contributed by atoms with van der Waals surface area (Å²) in [7, 11) is 0. The zero-order chi connectivity index (χ0) is 7.97. The summed E-state index contributed by atoms with van der Waals surface area (Å²) in [6.07, 6.45) is 7.22. The Labute approximate surface area is 74.3 Å². The first kappa shape index (κ1) is 7.34. The van der Waals surface area contributed by atoms with E-state index in [1.165, 1.54) is 45.2 Å². The van der Waals surface area contributed by atoms with E-state index in [1.807, 2.05) is 0 Å². The Bertz CT molecular complexity index is 173. The second kappa shape index (κ2) is 2.71. The van der Waals surface area contributed by atoms with Gasteiger partial charge < -0.3 is 5.32 Å². The number of piperidine rings is 1. The van der Waals surface area contributed by atoms with Crippen molar-refractivity contribution in [3.05, 3.63) is 0 Å². The fourth-order valence-corrected chi connectivity index (χ4v) is 2.84. The van der Waals surface area contributed by atoms with Crippen molar-refractivity contribution in [1.82, 2.24) is 10.2 Å². The van der Waals surface area contributed by atoms with Crippen LogP contribution in [-0.4, -0.2) is 36.1 Å². The summed E-state index contributed by atoms with van der Waals surface area (Å²) in [5, 5.41) is 3.64. The molecule has 0 amide bonds. The molecule has 2 bridgehead atoms. The van der Waals surface area contributed by atoms with Gasteiger partial charge in [-0.2, -0.15) is 0 Å². The van der Waals surface area contributed by atoms with Gasteiger partial charge in [0.25, 0.3) is 0 Å². The van der Waals surface area contributed by atoms with Crippen LogP contribution in [-0.2, 0) is 0 Å². The summed E-state index contributed by atoms with van der Waals surface area (Å²) >= 11 is 0. The molecule has 4 rings (SSSR count). The molecular formula is C10H18N2. The molecule has 0 aromatic rings. The van der Waals surface area contributed by atoms with Crippen molar-refractivity contribution in [2.45, 2.75) is 50.2 Å². The minimum atomic E-state index is 0.823. The fourth-order valence-electron chi connectivity index (χ4n) is 2.84. The topological polar surface area (TPSA) is 15.3 Å². The molecule has 1 aliphatic carbocycles. The average Bonchev–Trinajstić information content (AvgIpc) is 2.93. The molecule has 2 heteroatoms. The van der Waals surface area contributed by atoms with Gasteiger partial charge in [-0.15, -0.1) is 0 Å². The second-order valence-corrected chi connectivity index (χ2v) is 4.60. The first-order valence-electron chi connectivity index (χ1n) is 5.42. The van der Waals surface area contributed by atoms with Gasteiger partial charge in [0.15, 0.2) is 0 Å². The molecule has 0 spiro atoms. The molecule has 12 heavy (non-hydrogen) atoms. The predicted octanol–water partition coefficient (Wildman–Crippen LogP) is 0.975. The number of rotatable bonds is 1. The van der Waals surface area contributed by atoms with E-state index in [4.69, 9.17) is 0 Å². The first-order valence-corrected chi connectivity index (χ1v) is 5.42. The Morgan fingerprint density at radius 1 is 0.917 bits per heavy atom. The lowest BCUT2D eigenvalue weighted by molar-refractivity contribution is 0.134. The van der Waals surface area contributed by atoms with Crippen molar-refractivity contribution in [1.29, 1.82) is 0 Å². The summed E-state index contributed by atoms with van der Waals surface area (Å²) in [5.41, 5.74) is 0. The van der Waals surface area contributed by atoms with Gasteiger partial charge in [0.1, 0.15) is 0 Å². The summed E-state index contributed by atoms with van der Waals surface area (Å²) in [4.78, 5) is 2.79. The van der Waals surface area contributed by atoms with Gasteiger partial charge in [-0.3, -0.25) is 4.90 Å². The van der Waals surface area contributed by atoms with Gasteiger partial charge in [-0.1, -0.05) is 0 Å². The van der Waals surface area contributed by atoms with E-state index in [9.17, 15) is 0 Å². The molecule has 4 fully saturated rings. The van der Waals surface area contributed by atoms with Gasteiger partial charge in [-0.05, 0) is 38.6 Å². The molecule has 1 saturated carbocycles.